The molecule has 0 aliphatic heterocycles. The fourth-order valence-electron chi connectivity index (χ4n) is 1.44. The van der Waals surface area contributed by atoms with Gasteiger partial charge in [-0.25, -0.2) is 0 Å². The molecule has 5 nitrogen and oxygen atoms in total. The number of nitrogens with two attached hydrogens (primary N) is 1. The van der Waals surface area contributed by atoms with E-state index in [1.165, 1.54) is 0 Å². The highest BCUT2D eigenvalue weighted by Crippen LogP contribution is 2.29. The van der Waals surface area contributed by atoms with E-state index < -0.39 is 0 Å². The van der Waals surface area contributed by atoms with E-state index >= 15 is 0 Å². The van der Waals surface area contributed by atoms with E-state index in [2.05, 4.69) is 5.10 Å². The van der Waals surface area contributed by atoms with Gasteiger partial charge in [-0.3, -0.25) is 4.68 Å². The maximum atomic E-state index is 9.55. The third-order valence-electron chi connectivity index (χ3n) is 2.29. The Labute approximate surface area is 99.4 Å². The van der Waals surface area contributed by atoms with Gasteiger partial charge in [-0.05, 0) is 25.1 Å². The van der Waals surface area contributed by atoms with Crippen LogP contribution in [0.3, 0.4) is 0 Å². The van der Waals surface area contributed by atoms with E-state index in [0.29, 0.717) is 18.0 Å². The molecule has 0 saturated heterocycles. The zero-order chi connectivity index (χ0) is 12.1. The summed E-state index contributed by atoms with van der Waals surface area (Å²) >= 11 is 0. The molecule has 0 aliphatic carbocycles. The molecule has 3 N–H and O–H groups in total. The lowest BCUT2D eigenvalue weighted by Crippen LogP contribution is -2.05. The Morgan fingerprint density at radius 2 is 2.18 bits per heavy atom. The quantitative estimate of drug-likeness (QED) is 0.824. The van der Waals surface area contributed by atoms with Crippen molar-refractivity contribution in [3.8, 4) is 17.2 Å². The first kappa shape index (κ1) is 11.5. The second-order valence-corrected chi connectivity index (χ2v) is 3.65. The predicted molar refractivity (Wildman–Crippen MR) is 64.1 cm³/mol. The van der Waals surface area contributed by atoms with Crippen LogP contribution in [0.2, 0.25) is 0 Å². The summed E-state index contributed by atoms with van der Waals surface area (Å²) in [5, 5.41) is 13.7. The van der Waals surface area contributed by atoms with Crippen molar-refractivity contribution in [1.82, 2.24) is 9.78 Å². The number of benzene rings is 1. The summed E-state index contributed by atoms with van der Waals surface area (Å²) in [6.07, 6.45) is 4.27. The van der Waals surface area contributed by atoms with Crippen molar-refractivity contribution in [2.24, 2.45) is 5.73 Å². The average Bonchev–Trinajstić information content (AvgIpc) is 2.77. The van der Waals surface area contributed by atoms with Gasteiger partial charge >= 0.3 is 0 Å². The standard InChI is InChI=1S/C12H15N3O2/c13-6-3-7-15-9-10(8-14-15)17-12-5-2-1-4-11(12)16/h1-2,4-5,8-9,16H,3,6-7,13H2. The molecule has 1 heterocycles. The van der Waals surface area contributed by atoms with Crippen LogP contribution in [0.1, 0.15) is 6.42 Å². The minimum absolute atomic E-state index is 0.113. The van der Waals surface area contributed by atoms with E-state index in [0.717, 1.165) is 13.0 Å². The van der Waals surface area contributed by atoms with Crippen LogP contribution in [0.4, 0.5) is 0 Å². The van der Waals surface area contributed by atoms with Crippen LogP contribution in [0.5, 0.6) is 17.2 Å². The Morgan fingerprint density at radius 3 is 2.94 bits per heavy atom. The second-order valence-electron chi connectivity index (χ2n) is 3.65. The van der Waals surface area contributed by atoms with Gasteiger partial charge in [0, 0.05) is 6.54 Å². The Morgan fingerprint density at radius 1 is 1.35 bits per heavy atom. The van der Waals surface area contributed by atoms with Crippen molar-refractivity contribution in [3.05, 3.63) is 36.7 Å². The highest BCUT2D eigenvalue weighted by Gasteiger charge is 2.04. The number of nitrogens with zero attached hydrogens (tertiary/aromatic N) is 2. The molecule has 0 unspecified atom stereocenters. The summed E-state index contributed by atoms with van der Waals surface area (Å²) in [7, 11) is 0. The van der Waals surface area contributed by atoms with Crippen LogP contribution in [0.15, 0.2) is 36.7 Å². The van der Waals surface area contributed by atoms with E-state index in [4.69, 9.17) is 10.5 Å². The van der Waals surface area contributed by atoms with Gasteiger partial charge in [0.25, 0.3) is 0 Å². The summed E-state index contributed by atoms with van der Waals surface area (Å²) in [6, 6.07) is 6.82. The summed E-state index contributed by atoms with van der Waals surface area (Å²) in [5.41, 5.74) is 5.42. The molecule has 1 aromatic heterocycles. The molecule has 0 amide bonds. The number of aromatic hydroxyl groups is 1. The van der Waals surface area contributed by atoms with Gasteiger partial charge in [-0.15, -0.1) is 0 Å². The minimum atomic E-state index is 0.113. The van der Waals surface area contributed by atoms with Crippen molar-refractivity contribution < 1.29 is 9.84 Å². The minimum Gasteiger partial charge on any atom is -0.504 e. The Hall–Kier alpha value is -2.01. The topological polar surface area (TPSA) is 73.3 Å². The lowest BCUT2D eigenvalue weighted by atomic mass is 10.3. The van der Waals surface area contributed by atoms with Gasteiger partial charge in [-0.2, -0.15) is 5.10 Å². The number of para-hydroxylation sites is 2. The third kappa shape index (κ3) is 2.98. The summed E-state index contributed by atoms with van der Waals surface area (Å²) in [5.74, 6) is 1.14. The lowest BCUT2D eigenvalue weighted by molar-refractivity contribution is 0.411. The molecule has 2 aromatic rings. The zero-order valence-electron chi connectivity index (χ0n) is 9.41. The molecule has 0 aliphatic rings. The molecule has 90 valence electrons. The van der Waals surface area contributed by atoms with Gasteiger partial charge in [0.1, 0.15) is 0 Å². The predicted octanol–water partition coefficient (Wildman–Crippen LogP) is 1.73. The molecule has 0 spiro atoms. The Bertz CT molecular complexity index is 482. The van der Waals surface area contributed by atoms with Crippen LogP contribution in [0, 0.1) is 0 Å². The first-order valence-electron chi connectivity index (χ1n) is 5.48. The van der Waals surface area contributed by atoms with Crippen LogP contribution in [0.25, 0.3) is 0 Å². The number of rotatable bonds is 5. The monoisotopic (exact) mass is 233 g/mol. The van der Waals surface area contributed by atoms with Gasteiger partial charge in [-0.1, -0.05) is 12.1 Å². The van der Waals surface area contributed by atoms with Gasteiger partial charge in [0.05, 0.1) is 12.4 Å². The van der Waals surface area contributed by atoms with E-state index in [-0.39, 0.29) is 5.75 Å². The first-order valence-corrected chi connectivity index (χ1v) is 5.48. The van der Waals surface area contributed by atoms with Crippen molar-refractivity contribution >= 4 is 0 Å². The normalized spacial score (nSPS) is 10.4. The summed E-state index contributed by atoms with van der Waals surface area (Å²) in [4.78, 5) is 0. The van der Waals surface area contributed by atoms with Crippen LogP contribution >= 0.6 is 0 Å². The molecule has 0 bridgehead atoms. The molecule has 0 saturated carbocycles. The SMILES string of the molecule is NCCCn1cc(Oc2ccccc2O)cn1. The molecule has 17 heavy (non-hydrogen) atoms. The van der Waals surface area contributed by atoms with Crippen molar-refractivity contribution in [2.75, 3.05) is 6.54 Å². The number of hydrogen-bond donors (Lipinski definition) is 2. The number of phenols is 1. The molecule has 0 fully saturated rings. The van der Waals surface area contributed by atoms with Crippen LogP contribution in [-0.2, 0) is 6.54 Å². The molecule has 0 radical (unpaired) electrons. The molecule has 0 atom stereocenters. The number of hydrogen-bond acceptors (Lipinski definition) is 4. The molecule has 1 aromatic carbocycles. The Kier molecular flexibility index (Phi) is 3.62. The largest absolute Gasteiger partial charge is 0.504 e. The number of phenolic OH excluding ortho intramolecular Hbond substituents is 1. The fourth-order valence-corrected chi connectivity index (χ4v) is 1.44. The second kappa shape index (κ2) is 5.36. The van der Waals surface area contributed by atoms with Crippen molar-refractivity contribution in [1.29, 1.82) is 0 Å². The molecule has 2 rings (SSSR count). The average molecular weight is 233 g/mol. The van der Waals surface area contributed by atoms with E-state index in [1.54, 1.807) is 41.3 Å². The van der Waals surface area contributed by atoms with Gasteiger partial charge in [0.15, 0.2) is 17.2 Å². The molecule has 5 heteroatoms. The number of aromatic nitrogens is 2. The highest BCUT2D eigenvalue weighted by atomic mass is 16.5. The fraction of sp³-hybridized carbons (Fsp3) is 0.250. The lowest BCUT2D eigenvalue weighted by Gasteiger charge is -2.04. The smallest absolute Gasteiger partial charge is 0.169 e. The summed E-state index contributed by atoms with van der Waals surface area (Å²) < 4.78 is 7.27. The Balaban J connectivity index is 2.04. The summed E-state index contributed by atoms with van der Waals surface area (Å²) in [6.45, 7) is 1.40. The number of ether oxygens (including phenoxy) is 1. The zero-order valence-corrected chi connectivity index (χ0v) is 9.41. The van der Waals surface area contributed by atoms with Crippen molar-refractivity contribution in [3.63, 3.8) is 0 Å². The number of aryl methyl sites for hydroxylation is 1. The van der Waals surface area contributed by atoms with Gasteiger partial charge < -0.3 is 15.6 Å². The first-order chi connectivity index (χ1) is 8.29. The third-order valence-corrected chi connectivity index (χ3v) is 2.29. The van der Waals surface area contributed by atoms with Crippen LogP contribution in [-0.4, -0.2) is 21.4 Å². The van der Waals surface area contributed by atoms with Gasteiger partial charge in [0.2, 0.25) is 0 Å². The van der Waals surface area contributed by atoms with E-state index in [1.807, 2.05) is 0 Å². The van der Waals surface area contributed by atoms with Crippen LogP contribution < -0.4 is 10.5 Å². The van der Waals surface area contributed by atoms with Crippen molar-refractivity contribution in [2.45, 2.75) is 13.0 Å². The van der Waals surface area contributed by atoms with E-state index in [9.17, 15) is 5.11 Å². The molecular weight excluding hydrogens is 218 g/mol. The maximum Gasteiger partial charge on any atom is 0.169 e. The maximum absolute atomic E-state index is 9.55. The molecular formula is C12H15N3O2. The highest BCUT2D eigenvalue weighted by molar-refractivity contribution is 5.40.